The van der Waals surface area contributed by atoms with Crippen LogP contribution in [0.4, 0.5) is 0 Å². The van der Waals surface area contributed by atoms with Crippen LogP contribution >= 0.6 is 11.8 Å². The summed E-state index contributed by atoms with van der Waals surface area (Å²) in [6.45, 7) is 3.85. The number of esters is 2. The van der Waals surface area contributed by atoms with Crippen LogP contribution in [0.25, 0.3) is 0 Å². The van der Waals surface area contributed by atoms with Crippen molar-refractivity contribution in [3.05, 3.63) is 52.4 Å². The number of hydrogen-bond acceptors (Lipinski definition) is 7. The van der Waals surface area contributed by atoms with Crippen molar-refractivity contribution in [2.45, 2.75) is 24.7 Å². The van der Waals surface area contributed by atoms with Crippen molar-refractivity contribution in [1.29, 1.82) is 0 Å². The number of nitrogens with zero attached hydrogens (tertiary/aromatic N) is 1. The Balaban J connectivity index is 2.79. The molecule has 1 aliphatic rings. The second kappa shape index (κ2) is 10.5. The third-order valence-corrected chi connectivity index (χ3v) is 5.47. The molecule has 1 aliphatic heterocycles. The van der Waals surface area contributed by atoms with Gasteiger partial charge in [-0.2, -0.15) is 0 Å². The molecule has 0 spiro atoms. The number of nitrogens with one attached hydrogen (secondary N) is 1. The van der Waals surface area contributed by atoms with Crippen molar-refractivity contribution in [3.8, 4) is 0 Å². The number of ether oxygens (including phenoxy) is 2. The van der Waals surface area contributed by atoms with E-state index in [1.807, 2.05) is 30.5 Å². The van der Waals surface area contributed by atoms with Crippen molar-refractivity contribution in [2.24, 2.45) is 10.7 Å². The van der Waals surface area contributed by atoms with Crippen LogP contribution in [-0.4, -0.2) is 59.2 Å². The number of hydrogen-bond donors (Lipinski definition) is 2. The molecule has 3 N–H and O–H groups in total. The number of allylic oxidation sites excluding steroid dienone is 1. The molecule has 1 unspecified atom stereocenters. The topological polar surface area (TPSA) is 103 Å². The first-order valence-electron chi connectivity index (χ1n) is 8.91. The monoisotopic (exact) mass is 482 g/mol. The second-order valence-corrected chi connectivity index (χ2v) is 7.82. The molecular formula is C20H24N3O4SSe. The number of dihydropyridines is 1. The molecule has 2 rings (SSSR count). The molecule has 1 atom stereocenters. The van der Waals surface area contributed by atoms with Crippen LogP contribution in [0, 0.1) is 0 Å². The van der Waals surface area contributed by atoms with Gasteiger partial charge in [-0.15, -0.1) is 0 Å². The van der Waals surface area contributed by atoms with Crippen LogP contribution in [0.1, 0.15) is 25.3 Å². The fraction of sp³-hybridized carbons (Fsp3) is 0.350. The Morgan fingerprint density at radius 2 is 1.97 bits per heavy atom. The zero-order valence-corrected chi connectivity index (χ0v) is 19.3. The van der Waals surface area contributed by atoms with E-state index in [9.17, 15) is 9.59 Å². The van der Waals surface area contributed by atoms with E-state index in [-0.39, 0.29) is 17.9 Å². The minimum atomic E-state index is -0.654. The summed E-state index contributed by atoms with van der Waals surface area (Å²) in [5.41, 5.74) is 8.29. The van der Waals surface area contributed by atoms with Crippen molar-refractivity contribution in [1.82, 2.24) is 5.32 Å². The van der Waals surface area contributed by atoms with Gasteiger partial charge in [0.2, 0.25) is 0 Å². The standard InChI is InChI=1S/C20H24N3O4SSe/c1-5-27-19(25)17-13(10-22-20(21)29)23-11(2)15(18(24)26-3)16(17)12-8-6-7-9-14(12)28-4/h6-9,16,23H,5,10H2,1-4H3,(H2,21,22). The summed E-state index contributed by atoms with van der Waals surface area (Å²) in [4.78, 5) is 30.9. The molecule has 29 heavy (non-hydrogen) atoms. The Bertz CT molecular complexity index is 891. The summed E-state index contributed by atoms with van der Waals surface area (Å²) < 4.78 is 10.6. The Labute approximate surface area is 183 Å². The number of benzene rings is 1. The molecule has 9 heteroatoms. The molecule has 1 aromatic carbocycles. The van der Waals surface area contributed by atoms with Gasteiger partial charge in [-0.25, -0.2) is 0 Å². The maximum atomic E-state index is 13.0. The van der Waals surface area contributed by atoms with Crippen molar-refractivity contribution in [3.63, 3.8) is 0 Å². The fourth-order valence-electron chi connectivity index (χ4n) is 3.22. The third kappa shape index (κ3) is 5.23. The number of thioether (sulfide) groups is 1. The predicted octanol–water partition coefficient (Wildman–Crippen LogP) is 1.84. The number of methoxy groups -OCH3 is 1. The average Bonchev–Trinajstić information content (AvgIpc) is 2.71. The van der Waals surface area contributed by atoms with Crippen molar-refractivity contribution >= 4 is 44.4 Å². The first kappa shape index (κ1) is 23.1. The Morgan fingerprint density at radius 1 is 1.28 bits per heavy atom. The van der Waals surface area contributed by atoms with Gasteiger partial charge in [-0.05, 0) is 0 Å². The number of carbonyl (C=O) groups excluding carboxylic acids is 2. The average molecular weight is 481 g/mol. The predicted molar refractivity (Wildman–Crippen MR) is 115 cm³/mol. The summed E-state index contributed by atoms with van der Waals surface area (Å²) >= 11 is 4.16. The van der Waals surface area contributed by atoms with Gasteiger partial charge < -0.3 is 0 Å². The van der Waals surface area contributed by atoms with Gasteiger partial charge in [0.1, 0.15) is 0 Å². The van der Waals surface area contributed by atoms with Gasteiger partial charge in [0.05, 0.1) is 0 Å². The molecule has 0 saturated heterocycles. The Hall–Kier alpha value is -2.22. The number of carbonyl (C=O) groups is 2. The molecular weight excluding hydrogens is 457 g/mol. The van der Waals surface area contributed by atoms with Crippen LogP contribution in [0.15, 0.2) is 56.7 Å². The number of rotatable bonds is 7. The molecule has 1 radical (unpaired) electrons. The van der Waals surface area contributed by atoms with Crippen LogP contribution < -0.4 is 11.1 Å². The van der Waals surface area contributed by atoms with Crippen LogP contribution in [-0.2, 0) is 19.1 Å². The Morgan fingerprint density at radius 3 is 2.55 bits per heavy atom. The first-order valence-corrected chi connectivity index (χ1v) is 11.0. The van der Waals surface area contributed by atoms with Gasteiger partial charge in [-0.3, -0.25) is 0 Å². The second-order valence-electron chi connectivity index (χ2n) is 6.10. The van der Waals surface area contributed by atoms with Crippen molar-refractivity contribution in [2.75, 3.05) is 26.5 Å². The SMILES string of the molecule is CCOC(=O)C1=C(CN=C(N)[Se])NC(C)=C(C(=O)OC)C1c1ccccc1SC. The Kier molecular flexibility index (Phi) is 8.37. The fourth-order valence-corrected chi connectivity index (χ4v) is 4.00. The van der Waals surface area contributed by atoms with E-state index in [1.54, 1.807) is 13.8 Å². The number of aliphatic imine (C=N–C) groups is 1. The van der Waals surface area contributed by atoms with E-state index in [1.165, 1.54) is 18.9 Å². The van der Waals surface area contributed by atoms with Gasteiger partial charge in [0, 0.05) is 0 Å². The molecule has 1 aromatic rings. The molecule has 155 valence electrons. The maximum absolute atomic E-state index is 13.0. The molecule has 7 nitrogen and oxygen atoms in total. The van der Waals surface area contributed by atoms with E-state index in [0.717, 1.165) is 10.5 Å². The molecule has 0 bridgehead atoms. The summed E-state index contributed by atoms with van der Waals surface area (Å²) in [7, 11) is 1.32. The van der Waals surface area contributed by atoms with Gasteiger partial charge in [0.25, 0.3) is 0 Å². The normalized spacial score (nSPS) is 17.1. The van der Waals surface area contributed by atoms with Gasteiger partial charge >= 0.3 is 183 Å². The van der Waals surface area contributed by atoms with E-state index < -0.39 is 17.9 Å². The van der Waals surface area contributed by atoms with Crippen LogP contribution in [0.2, 0.25) is 0 Å². The summed E-state index contributed by atoms with van der Waals surface area (Å²) in [5.74, 6) is -1.68. The molecule has 0 aromatic heterocycles. The first-order chi connectivity index (χ1) is 13.8. The van der Waals surface area contributed by atoms with Crippen LogP contribution in [0.3, 0.4) is 0 Å². The summed E-state index contributed by atoms with van der Waals surface area (Å²) in [5, 5.41) is 3.14. The van der Waals surface area contributed by atoms with E-state index in [2.05, 4.69) is 26.3 Å². The van der Waals surface area contributed by atoms with E-state index in [4.69, 9.17) is 15.2 Å². The zero-order chi connectivity index (χ0) is 21.6. The van der Waals surface area contributed by atoms with Gasteiger partial charge in [-0.1, -0.05) is 0 Å². The third-order valence-electron chi connectivity index (χ3n) is 4.39. The molecule has 0 amide bonds. The minimum absolute atomic E-state index is 0.136. The zero-order valence-electron chi connectivity index (χ0n) is 16.8. The van der Waals surface area contributed by atoms with Crippen molar-refractivity contribution < 1.29 is 19.1 Å². The molecule has 1 heterocycles. The quantitative estimate of drug-likeness (QED) is 0.201. The summed E-state index contributed by atoms with van der Waals surface area (Å²) in [6.07, 6.45) is 1.95. The molecule has 0 aliphatic carbocycles. The summed E-state index contributed by atoms with van der Waals surface area (Å²) in [6, 6.07) is 7.64. The van der Waals surface area contributed by atoms with E-state index >= 15 is 0 Å². The molecule has 0 fully saturated rings. The number of nitrogens with two attached hydrogens (primary N) is 1. The van der Waals surface area contributed by atoms with Gasteiger partial charge in [0.15, 0.2) is 0 Å². The number of amidine groups is 1. The van der Waals surface area contributed by atoms with Crippen LogP contribution in [0.5, 0.6) is 0 Å². The van der Waals surface area contributed by atoms with E-state index in [0.29, 0.717) is 22.5 Å². The molecule has 0 saturated carbocycles.